The summed E-state index contributed by atoms with van der Waals surface area (Å²) < 4.78 is 23.1. The van der Waals surface area contributed by atoms with Crippen molar-refractivity contribution in [2.45, 2.75) is 31.7 Å². The van der Waals surface area contributed by atoms with Crippen LogP contribution < -0.4 is 5.32 Å². The summed E-state index contributed by atoms with van der Waals surface area (Å²) in [4.78, 5) is 2.45. The smallest absolute Gasteiger partial charge is 0.151 e. The molecule has 0 bridgehead atoms. The second kappa shape index (κ2) is 4.21. The minimum Gasteiger partial charge on any atom is -0.317 e. The lowest BCUT2D eigenvalue weighted by Gasteiger charge is -2.34. The fourth-order valence-corrected chi connectivity index (χ4v) is 5.47. The molecule has 1 N–H and O–H groups in total. The van der Waals surface area contributed by atoms with E-state index in [1.165, 1.54) is 19.3 Å². The molecule has 3 fully saturated rings. The van der Waals surface area contributed by atoms with Gasteiger partial charge in [-0.3, -0.25) is 4.90 Å². The predicted molar refractivity (Wildman–Crippen MR) is 67.8 cm³/mol. The summed E-state index contributed by atoms with van der Waals surface area (Å²) in [5.74, 6) is 0.810. The molecule has 4 nitrogen and oxygen atoms in total. The zero-order chi connectivity index (χ0) is 11.9. The highest BCUT2D eigenvalue weighted by atomic mass is 32.2. The Kier molecular flexibility index (Phi) is 2.96. The molecule has 3 aliphatic rings. The van der Waals surface area contributed by atoms with Gasteiger partial charge in [-0.2, -0.15) is 0 Å². The molecule has 1 atom stereocenters. The highest BCUT2D eigenvalue weighted by molar-refractivity contribution is 7.91. The van der Waals surface area contributed by atoms with Gasteiger partial charge in [0.15, 0.2) is 9.84 Å². The largest absolute Gasteiger partial charge is 0.317 e. The lowest BCUT2D eigenvalue weighted by Crippen LogP contribution is -2.41. The van der Waals surface area contributed by atoms with E-state index in [1.807, 2.05) is 0 Å². The number of nitrogens with zero attached hydrogens (tertiary/aromatic N) is 1. The Bertz CT molecular complexity index is 387. The van der Waals surface area contributed by atoms with Gasteiger partial charge in [-0.1, -0.05) is 0 Å². The lowest BCUT2D eigenvalue weighted by atomic mass is 9.78. The molecule has 1 spiro atoms. The van der Waals surface area contributed by atoms with E-state index in [-0.39, 0.29) is 0 Å². The molecular formula is C12H22N2O2S. The van der Waals surface area contributed by atoms with E-state index in [0.717, 1.165) is 32.6 Å². The molecule has 3 saturated heterocycles. The molecule has 98 valence electrons. The van der Waals surface area contributed by atoms with E-state index in [4.69, 9.17) is 0 Å². The average molecular weight is 258 g/mol. The molecule has 3 heterocycles. The Morgan fingerprint density at radius 2 is 1.94 bits per heavy atom. The van der Waals surface area contributed by atoms with E-state index >= 15 is 0 Å². The van der Waals surface area contributed by atoms with E-state index in [2.05, 4.69) is 10.2 Å². The summed E-state index contributed by atoms with van der Waals surface area (Å²) in [5.41, 5.74) is 0.498. The van der Waals surface area contributed by atoms with Crippen molar-refractivity contribution in [1.82, 2.24) is 10.2 Å². The van der Waals surface area contributed by atoms with Crippen molar-refractivity contribution in [3.05, 3.63) is 0 Å². The van der Waals surface area contributed by atoms with Crippen LogP contribution in [0, 0.1) is 5.41 Å². The standard InChI is InChI=1S/C12H22N2O2S/c15-17(16)8-1-11(9-17)14-7-4-12(10-14)2-5-13-6-3-12/h11,13H,1-10H2. The van der Waals surface area contributed by atoms with Crippen LogP contribution in [-0.4, -0.2) is 57.0 Å². The SMILES string of the molecule is O=S1(=O)CCC(N2CCC3(CCNCC3)C2)C1. The van der Waals surface area contributed by atoms with Gasteiger partial charge < -0.3 is 5.32 Å². The van der Waals surface area contributed by atoms with Crippen LogP contribution in [0.2, 0.25) is 0 Å². The Labute approximate surface area is 104 Å². The first-order valence-corrected chi connectivity index (χ1v) is 8.56. The Morgan fingerprint density at radius 3 is 2.59 bits per heavy atom. The minimum atomic E-state index is -2.73. The van der Waals surface area contributed by atoms with Gasteiger partial charge in [0.25, 0.3) is 0 Å². The molecule has 0 saturated carbocycles. The maximum atomic E-state index is 11.5. The first-order valence-electron chi connectivity index (χ1n) is 6.74. The van der Waals surface area contributed by atoms with Crippen LogP contribution in [0.3, 0.4) is 0 Å². The number of nitrogens with one attached hydrogen (secondary N) is 1. The third-order valence-electron chi connectivity index (χ3n) is 4.86. The topological polar surface area (TPSA) is 49.4 Å². The third kappa shape index (κ3) is 2.37. The first-order chi connectivity index (χ1) is 8.09. The van der Waals surface area contributed by atoms with Crippen molar-refractivity contribution < 1.29 is 8.42 Å². The highest BCUT2D eigenvalue weighted by Crippen LogP contribution is 2.40. The van der Waals surface area contributed by atoms with Crippen molar-refractivity contribution >= 4 is 9.84 Å². The van der Waals surface area contributed by atoms with Crippen LogP contribution in [0.5, 0.6) is 0 Å². The third-order valence-corrected chi connectivity index (χ3v) is 6.61. The van der Waals surface area contributed by atoms with Crippen molar-refractivity contribution in [1.29, 1.82) is 0 Å². The quantitative estimate of drug-likeness (QED) is 0.732. The van der Waals surface area contributed by atoms with Gasteiger partial charge in [-0.15, -0.1) is 0 Å². The molecule has 5 heteroatoms. The van der Waals surface area contributed by atoms with E-state index < -0.39 is 9.84 Å². The Hall–Kier alpha value is -0.130. The first kappa shape index (κ1) is 11.9. The second-order valence-electron chi connectivity index (χ2n) is 6.03. The Morgan fingerprint density at radius 1 is 1.18 bits per heavy atom. The summed E-state index contributed by atoms with van der Waals surface area (Å²) in [5, 5.41) is 3.42. The number of piperidine rings is 1. The van der Waals surface area contributed by atoms with Crippen LogP contribution in [0.4, 0.5) is 0 Å². The molecule has 0 aromatic heterocycles. The number of likely N-dealkylation sites (tertiary alicyclic amines) is 1. The molecular weight excluding hydrogens is 236 g/mol. The fraction of sp³-hybridized carbons (Fsp3) is 1.00. The molecule has 0 radical (unpaired) electrons. The van der Waals surface area contributed by atoms with Gasteiger partial charge in [0, 0.05) is 12.6 Å². The van der Waals surface area contributed by atoms with E-state index in [0.29, 0.717) is 23.0 Å². The van der Waals surface area contributed by atoms with Gasteiger partial charge in [0.2, 0.25) is 0 Å². The second-order valence-corrected chi connectivity index (χ2v) is 8.26. The van der Waals surface area contributed by atoms with Gasteiger partial charge in [-0.25, -0.2) is 8.42 Å². The van der Waals surface area contributed by atoms with E-state index in [1.54, 1.807) is 0 Å². The highest BCUT2D eigenvalue weighted by Gasteiger charge is 2.43. The number of hydrogen-bond acceptors (Lipinski definition) is 4. The van der Waals surface area contributed by atoms with Gasteiger partial charge in [-0.05, 0) is 50.7 Å². The van der Waals surface area contributed by atoms with Crippen LogP contribution >= 0.6 is 0 Å². The van der Waals surface area contributed by atoms with Crippen molar-refractivity contribution in [2.75, 3.05) is 37.7 Å². The van der Waals surface area contributed by atoms with Gasteiger partial charge in [0.1, 0.15) is 0 Å². The molecule has 1 unspecified atom stereocenters. The Balaban J connectivity index is 1.64. The summed E-state index contributed by atoms with van der Waals surface area (Å²) in [7, 11) is -2.73. The van der Waals surface area contributed by atoms with Crippen molar-refractivity contribution in [2.24, 2.45) is 5.41 Å². The molecule has 0 aromatic rings. The van der Waals surface area contributed by atoms with Crippen LogP contribution in [0.25, 0.3) is 0 Å². The fourth-order valence-electron chi connectivity index (χ4n) is 3.71. The zero-order valence-electron chi connectivity index (χ0n) is 10.3. The van der Waals surface area contributed by atoms with Crippen molar-refractivity contribution in [3.63, 3.8) is 0 Å². The molecule has 0 aliphatic carbocycles. The van der Waals surface area contributed by atoms with Crippen LogP contribution in [-0.2, 0) is 9.84 Å². The summed E-state index contributed by atoms with van der Waals surface area (Å²) in [6.07, 6.45) is 4.66. The minimum absolute atomic E-state index is 0.314. The molecule has 0 amide bonds. The lowest BCUT2D eigenvalue weighted by molar-refractivity contribution is 0.176. The average Bonchev–Trinajstić information content (AvgIpc) is 2.84. The molecule has 0 aromatic carbocycles. The van der Waals surface area contributed by atoms with E-state index in [9.17, 15) is 8.42 Å². The van der Waals surface area contributed by atoms with Gasteiger partial charge >= 0.3 is 0 Å². The maximum absolute atomic E-state index is 11.5. The number of rotatable bonds is 1. The normalized spacial score (nSPS) is 36.6. The maximum Gasteiger partial charge on any atom is 0.151 e. The summed E-state index contributed by atoms with van der Waals surface area (Å²) in [6, 6.07) is 0.314. The molecule has 3 rings (SSSR count). The number of sulfone groups is 1. The summed E-state index contributed by atoms with van der Waals surface area (Å²) in [6.45, 7) is 4.52. The van der Waals surface area contributed by atoms with Crippen LogP contribution in [0.15, 0.2) is 0 Å². The molecule has 3 aliphatic heterocycles. The number of hydrogen-bond donors (Lipinski definition) is 1. The van der Waals surface area contributed by atoms with Crippen molar-refractivity contribution in [3.8, 4) is 0 Å². The summed E-state index contributed by atoms with van der Waals surface area (Å²) >= 11 is 0. The predicted octanol–water partition coefficient (Wildman–Crippen LogP) is 0.249. The monoisotopic (exact) mass is 258 g/mol. The molecule has 17 heavy (non-hydrogen) atoms. The van der Waals surface area contributed by atoms with Gasteiger partial charge in [0.05, 0.1) is 11.5 Å². The van der Waals surface area contributed by atoms with Crippen LogP contribution in [0.1, 0.15) is 25.7 Å². The zero-order valence-corrected chi connectivity index (χ0v) is 11.1.